The fourth-order valence-corrected chi connectivity index (χ4v) is 6.79. The zero-order valence-corrected chi connectivity index (χ0v) is 19.3. The van der Waals surface area contributed by atoms with Crippen LogP contribution in [0.15, 0.2) is 18.2 Å². The topological polar surface area (TPSA) is 57.7 Å². The first-order valence-corrected chi connectivity index (χ1v) is 12.8. The minimum Gasteiger partial charge on any atom is -0.295 e. The fraction of sp³-hybridized carbons (Fsp3) is 0.667. The monoisotopic (exact) mass is 460 g/mol. The highest BCUT2D eigenvalue weighted by molar-refractivity contribution is 7.89. The fourth-order valence-electron chi connectivity index (χ4n) is 4.78. The summed E-state index contributed by atoms with van der Waals surface area (Å²) >= 11 is 12.1. The van der Waals surface area contributed by atoms with Gasteiger partial charge in [0.2, 0.25) is 10.0 Å². The molecule has 0 radical (unpaired) electrons. The SMILES string of the molecule is CCCS(=O)(=O)N1CCN(C2(CCC(=O)c3ccc(Cl)cc3Cl)CCCC2)CC1. The van der Waals surface area contributed by atoms with Crippen molar-refractivity contribution in [2.24, 2.45) is 0 Å². The van der Waals surface area contributed by atoms with Crippen molar-refractivity contribution in [3.63, 3.8) is 0 Å². The second-order valence-corrected chi connectivity index (χ2v) is 11.1. The number of hydrogen-bond donors (Lipinski definition) is 0. The average Bonchev–Trinajstić information content (AvgIpc) is 3.16. The molecule has 0 N–H and O–H groups in total. The first-order valence-electron chi connectivity index (χ1n) is 10.5. The molecule has 0 spiro atoms. The highest BCUT2D eigenvalue weighted by atomic mass is 35.5. The van der Waals surface area contributed by atoms with Crippen LogP contribution < -0.4 is 0 Å². The Hall–Kier alpha value is -0.660. The van der Waals surface area contributed by atoms with E-state index in [0.29, 0.717) is 41.5 Å². The van der Waals surface area contributed by atoms with Crippen molar-refractivity contribution in [1.82, 2.24) is 9.21 Å². The van der Waals surface area contributed by atoms with Crippen molar-refractivity contribution in [3.05, 3.63) is 33.8 Å². The molecule has 1 aromatic rings. The second kappa shape index (κ2) is 9.65. The van der Waals surface area contributed by atoms with Gasteiger partial charge in [0, 0.05) is 48.7 Å². The lowest BCUT2D eigenvalue weighted by Gasteiger charge is -2.46. The summed E-state index contributed by atoms with van der Waals surface area (Å²) in [6.45, 7) is 4.45. The molecule has 0 bridgehead atoms. The van der Waals surface area contributed by atoms with Crippen molar-refractivity contribution in [2.45, 2.75) is 57.4 Å². The zero-order chi connectivity index (χ0) is 21.1. The van der Waals surface area contributed by atoms with Gasteiger partial charge in [-0.05, 0) is 43.9 Å². The van der Waals surface area contributed by atoms with E-state index in [1.807, 2.05) is 6.92 Å². The third kappa shape index (κ3) is 5.34. The highest BCUT2D eigenvalue weighted by Gasteiger charge is 2.41. The zero-order valence-electron chi connectivity index (χ0n) is 17.0. The van der Waals surface area contributed by atoms with Crippen LogP contribution in [-0.2, 0) is 10.0 Å². The van der Waals surface area contributed by atoms with Crippen LogP contribution in [0.3, 0.4) is 0 Å². The van der Waals surface area contributed by atoms with Gasteiger partial charge < -0.3 is 0 Å². The molecule has 1 aromatic carbocycles. The first kappa shape index (κ1) is 23.0. The Kier molecular flexibility index (Phi) is 7.66. The number of ketones is 1. The molecule has 3 rings (SSSR count). The van der Waals surface area contributed by atoms with Crippen LogP contribution in [0.25, 0.3) is 0 Å². The Balaban J connectivity index is 1.64. The minimum absolute atomic E-state index is 0.00479. The van der Waals surface area contributed by atoms with Crippen molar-refractivity contribution >= 4 is 39.0 Å². The number of halogens is 2. The molecule has 0 unspecified atom stereocenters. The molecule has 29 heavy (non-hydrogen) atoms. The Morgan fingerprint density at radius 3 is 2.34 bits per heavy atom. The predicted molar refractivity (Wildman–Crippen MR) is 118 cm³/mol. The molecule has 0 atom stereocenters. The summed E-state index contributed by atoms with van der Waals surface area (Å²) in [4.78, 5) is 15.2. The van der Waals surface area contributed by atoms with E-state index < -0.39 is 10.0 Å². The van der Waals surface area contributed by atoms with Crippen LogP contribution in [-0.4, -0.2) is 60.9 Å². The number of sulfonamides is 1. The van der Waals surface area contributed by atoms with Gasteiger partial charge in [-0.1, -0.05) is 43.0 Å². The number of rotatable bonds is 8. The quantitative estimate of drug-likeness (QED) is 0.530. The van der Waals surface area contributed by atoms with E-state index in [2.05, 4.69) is 4.90 Å². The van der Waals surface area contributed by atoms with Gasteiger partial charge in [-0.15, -0.1) is 0 Å². The maximum absolute atomic E-state index is 12.8. The number of piperazine rings is 1. The van der Waals surface area contributed by atoms with E-state index in [4.69, 9.17) is 23.2 Å². The summed E-state index contributed by atoms with van der Waals surface area (Å²) in [5, 5.41) is 0.924. The maximum Gasteiger partial charge on any atom is 0.214 e. The lowest BCUT2D eigenvalue weighted by Crippen LogP contribution is -2.57. The molecule has 1 saturated heterocycles. The van der Waals surface area contributed by atoms with E-state index in [-0.39, 0.29) is 17.1 Å². The van der Waals surface area contributed by atoms with Gasteiger partial charge in [0.1, 0.15) is 0 Å². The van der Waals surface area contributed by atoms with E-state index >= 15 is 0 Å². The summed E-state index contributed by atoms with van der Waals surface area (Å²) in [5.41, 5.74) is 0.523. The predicted octanol–water partition coefficient (Wildman–Crippen LogP) is 4.63. The number of benzene rings is 1. The first-order chi connectivity index (χ1) is 13.8. The molecule has 1 aliphatic heterocycles. The third-order valence-electron chi connectivity index (χ3n) is 6.35. The molecule has 2 aliphatic rings. The molecule has 5 nitrogen and oxygen atoms in total. The van der Waals surface area contributed by atoms with Crippen molar-refractivity contribution in [1.29, 1.82) is 0 Å². The Labute approximate surface area is 184 Å². The molecule has 2 fully saturated rings. The van der Waals surface area contributed by atoms with E-state index in [9.17, 15) is 13.2 Å². The van der Waals surface area contributed by atoms with Gasteiger partial charge >= 0.3 is 0 Å². The summed E-state index contributed by atoms with van der Waals surface area (Å²) in [6, 6.07) is 5.01. The molecule has 0 aromatic heterocycles. The normalized spacial score (nSPS) is 20.8. The van der Waals surface area contributed by atoms with E-state index in [1.165, 1.54) is 0 Å². The number of hydrogen-bond acceptors (Lipinski definition) is 4. The molecule has 8 heteroatoms. The van der Waals surface area contributed by atoms with Gasteiger partial charge in [-0.25, -0.2) is 8.42 Å². The van der Waals surface area contributed by atoms with Crippen LogP contribution >= 0.6 is 23.2 Å². The van der Waals surface area contributed by atoms with Gasteiger partial charge in [-0.2, -0.15) is 4.31 Å². The molecule has 162 valence electrons. The maximum atomic E-state index is 12.8. The van der Waals surface area contributed by atoms with Crippen LogP contribution in [0.4, 0.5) is 0 Å². The largest absolute Gasteiger partial charge is 0.295 e. The van der Waals surface area contributed by atoms with E-state index in [1.54, 1.807) is 22.5 Å². The summed E-state index contributed by atoms with van der Waals surface area (Å²) in [6.07, 6.45) is 6.31. The lowest BCUT2D eigenvalue weighted by molar-refractivity contribution is 0.0476. The molecule has 1 saturated carbocycles. The smallest absolute Gasteiger partial charge is 0.214 e. The molecule has 1 heterocycles. The molecule has 0 amide bonds. The molecule has 1 aliphatic carbocycles. The highest BCUT2D eigenvalue weighted by Crippen LogP contribution is 2.40. The van der Waals surface area contributed by atoms with Gasteiger partial charge in [0.25, 0.3) is 0 Å². The third-order valence-corrected chi connectivity index (χ3v) is 8.97. The van der Waals surface area contributed by atoms with Crippen LogP contribution in [0, 0.1) is 0 Å². The minimum atomic E-state index is -3.14. The van der Waals surface area contributed by atoms with Crippen LogP contribution in [0.1, 0.15) is 62.2 Å². The number of carbonyl (C=O) groups is 1. The van der Waals surface area contributed by atoms with E-state index in [0.717, 1.165) is 45.2 Å². The standard InChI is InChI=1S/C21H30Cl2N2O3S/c1-2-15-29(27,28)25-13-11-24(12-14-25)21(8-3-4-9-21)10-7-20(26)18-6-5-17(22)16-19(18)23/h5-6,16H,2-4,7-15H2,1H3. The second-order valence-electron chi connectivity index (χ2n) is 8.18. The summed E-state index contributed by atoms with van der Waals surface area (Å²) in [7, 11) is -3.14. The number of nitrogens with zero attached hydrogens (tertiary/aromatic N) is 2. The van der Waals surface area contributed by atoms with Crippen molar-refractivity contribution < 1.29 is 13.2 Å². The molecular weight excluding hydrogens is 431 g/mol. The Bertz CT molecular complexity index is 830. The number of carbonyl (C=O) groups excluding carboxylic acids is 1. The van der Waals surface area contributed by atoms with Crippen molar-refractivity contribution in [2.75, 3.05) is 31.9 Å². The van der Waals surface area contributed by atoms with Crippen LogP contribution in [0.5, 0.6) is 0 Å². The van der Waals surface area contributed by atoms with Crippen molar-refractivity contribution in [3.8, 4) is 0 Å². The average molecular weight is 461 g/mol. The Morgan fingerprint density at radius 2 is 1.76 bits per heavy atom. The summed E-state index contributed by atoms with van der Waals surface area (Å²) in [5.74, 6) is 0.260. The van der Waals surface area contributed by atoms with Crippen LogP contribution in [0.2, 0.25) is 10.0 Å². The van der Waals surface area contributed by atoms with Gasteiger partial charge in [0.15, 0.2) is 5.78 Å². The van der Waals surface area contributed by atoms with Gasteiger partial charge in [-0.3, -0.25) is 9.69 Å². The Morgan fingerprint density at radius 1 is 1.10 bits per heavy atom. The number of Topliss-reactive ketones (excluding diaryl/α,β-unsaturated/α-hetero) is 1. The molecular formula is C21H30Cl2N2O3S. The lowest BCUT2D eigenvalue weighted by atomic mass is 9.87. The summed E-state index contributed by atoms with van der Waals surface area (Å²) < 4.78 is 26.4. The van der Waals surface area contributed by atoms with Gasteiger partial charge in [0.05, 0.1) is 10.8 Å².